The first-order valence-corrected chi connectivity index (χ1v) is 10.4. The molecule has 1 saturated heterocycles. The molecule has 0 atom stereocenters. The van der Waals surface area contributed by atoms with Crippen molar-refractivity contribution in [2.75, 3.05) is 44.8 Å². The highest BCUT2D eigenvalue weighted by Gasteiger charge is 2.26. The molecular weight excluding hydrogens is 342 g/mol. The van der Waals surface area contributed by atoms with Gasteiger partial charge in [-0.1, -0.05) is 6.92 Å². The lowest BCUT2D eigenvalue weighted by molar-refractivity contribution is 0.170. The van der Waals surface area contributed by atoms with Gasteiger partial charge in [-0.2, -0.15) is 0 Å². The molecule has 1 aromatic rings. The molecular formula is C21H31N3O3. The fraction of sp³-hybridized carbons (Fsp3) is 0.667. The Hall–Kier alpha value is -1.95. The number of nitrogens with one attached hydrogen (secondary N) is 1. The standard InChI is InChI=1S/C21H31N3O3/c1-2-23(14-17-3-4-17)10-7-16-8-11-24(12-9-16)21(25)22-18-5-6-19-20(13-18)27-15-26-19/h5-6,13,16-17H,2-4,7-12,14-15H2,1H3,(H,22,25). The predicted octanol–water partition coefficient (Wildman–Crippen LogP) is 3.78. The highest BCUT2D eigenvalue weighted by atomic mass is 16.7. The van der Waals surface area contributed by atoms with Crippen molar-refractivity contribution in [1.29, 1.82) is 0 Å². The number of carbonyl (C=O) groups excluding carboxylic acids is 1. The molecule has 3 aliphatic rings. The number of urea groups is 1. The third kappa shape index (κ3) is 4.86. The highest BCUT2D eigenvalue weighted by molar-refractivity contribution is 5.89. The fourth-order valence-electron chi connectivity index (χ4n) is 4.01. The number of benzene rings is 1. The van der Waals surface area contributed by atoms with E-state index in [2.05, 4.69) is 17.1 Å². The lowest BCUT2D eigenvalue weighted by atomic mass is 9.93. The van der Waals surface area contributed by atoms with E-state index in [0.29, 0.717) is 5.75 Å². The summed E-state index contributed by atoms with van der Waals surface area (Å²) in [6.07, 6.45) is 6.32. The number of hydrogen-bond acceptors (Lipinski definition) is 4. The van der Waals surface area contributed by atoms with Crippen molar-refractivity contribution in [2.45, 2.75) is 39.0 Å². The molecule has 6 nitrogen and oxygen atoms in total. The number of ether oxygens (including phenoxy) is 2. The first kappa shape index (κ1) is 18.4. The molecule has 1 saturated carbocycles. The molecule has 27 heavy (non-hydrogen) atoms. The molecule has 0 bridgehead atoms. The minimum absolute atomic E-state index is 0.0174. The SMILES string of the molecule is CCN(CCC1CCN(C(=O)Nc2ccc3c(c2)OCO3)CC1)CC1CC1. The number of carbonyl (C=O) groups is 1. The van der Waals surface area contributed by atoms with Crippen molar-refractivity contribution in [3.8, 4) is 11.5 Å². The lowest BCUT2D eigenvalue weighted by Gasteiger charge is -2.33. The maximum absolute atomic E-state index is 12.5. The third-order valence-corrected chi connectivity index (χ3v) is 6.04. The van der Waals surface area contributed by atoms with Crippen molar-refractivity contribution < 1.29 is 14.3 Å². The first-order chi connectivity index (χ1) is 13.2. The van der Waals surface area contributed by atoms with Crippen LogP contribution in [0.15, 0.2) is 18.2 Å². The minimum Gasteiger partial charge on any atom is -0.454 e. The normalized spacial score (nSPS) is 19.6. The van der Waals surface area contributed by atoms with Gasteiger partial charge in [0.1, 0.15) is 0 Å². The van der Waals surface area contributed by atoms with E-state index in [9.17, 15) is 4.79 Å². The Morgan fingerprint density at radius 2 is 1.93 bits per heavy atom. The number of fused-ring (bicyclic) bond motifs is 1. The highest BCUT2D eigenvalue weighted by Crippen LogP contribution is 2.34. The predicted molar refractivity (Wildman–Crippen MR) is 105 cm³/mol. The van der Waals surface area contributed by atoms with E-state index in [4.69, 9.17) is 9.47 Å². The summed E-state index contributed by atoms with van der Waals surface area (Å²) in [5, 5.41) is 2.99. The van der Waals surface area contributed by atoms with Crippen LogP contribution >= 0.6 is 0 Å². The number of anilines is 1. The Bertz CT molecular complexity index is 654. The van der Waals surface area contributed by atoms with Crippen LogP contribution in [0.3, 0.4) is 0 Å². The summed E-state index contributed by atoms with van der Waals surface area (Å²) in [7, 11) is 0. The molecule has 0 radical (unpaired) electrons. The molecule has 2 amide bonds. The average molecular weight is 373 g/mol. The molecule has 1 aliphatic carbocycles. The van der Waals surface area contributed by atoms with E-state index in [1.54, 1.807) is 0 Å². The second-order valence-electron chi connectivity index (χ2n) is 8.05. The van der Waals surface area contributed by atoms with Crippen LogP contribution in [0, 0.1) is 11.8 Å². The molecule has 2 fully saturated rings. The summed E-state index contributed by atoms with van der Waals surface area (Å²) in [6, 6.07) is 5.51. The quantitative estimate of drug-likeness (QED) is 0.790. The van der Waals surface area contributed by atoms with Crippen molar-refractivity contribution in [2.24, 2.45) is 11.8 Å². The number of piperidine rings is 1. The van der Waals surface area contributed by atoms with Gasteiger partial charge in [-0.05, 0) is 69.2 Å². The molecule has 2 heterocycles. The summed E-state index contributed by atoms with van der Waals surface area (Å²) in [4.78, 5) is 17.1. The minimum atomic E-state index is -0.0174. The lowest BCUT2D eigenvalue weighted by Crippen LogP contribution is -2.41. The summed E-state index contributed by atoms with van der Waals surface area (Å²) < 4.78 is 10.7. The molecule has 0 unspecified atom stereocenters. The smallest absolute Gasteiger partial charge is 0.321 e. The maximum Gasteiger partial charge on any atom is 0.321 e. The summed E-state index contributed by atoms with van der Waals surface area (Å²) in [5.74, 6) is 3.13. The Labute approximate surface area is 161 Å². The molecule has 1 N–H and O–H groups in total. The number of rotatable bonds is 7. The topological polar surface area (TPSA) is 54.0 Å². The van der Waals surface area contributed by atoms with Gasteiger partial charge in [0.25, 0.3) is 0 Å². The summed E-state index contributed by atoms with van der Waals surface area (Å²) in [6.45, 7) is 7.86. The summed E-state index contributed by atoms with van der Waals surface area (Å²) >= 11 is 0. The molecule has 0 spiro atoms. The van der Waals surface area contributed by atoms with Gasteiger partial charge >= 0.3 is 6.03 Å². The van der Waals surface area contributed by atoms with Crippen molar-refractivity contribution >= 4 is 11.7 Å². The van der Waals surface area contributed by atoms with Gasteiger partial charge in [0.05, 0.1) is 0 Å². The Kier molecular flexibility index (Phi) is 5.72. The van der Waals surface area contributed by atoms with Gasteiger partial charge in [-0.15, -0.1) is 0 Å². The zero-order valence-corrected chi connectivity index (χ0v) is 16.3. The van der Waals surface area contributed by atoms with Gasteiger partial charge in [0.2, 0.25) is 6.79 Å². The van der Waals surface area contributed by atoms with Crippen molar-refractivity contribution in [3.05, 3.63) is 18.2 Å². The van der Waals surface area contributed by atoms with Crippen molar-refractivity contribution in [3.63, 3.8) is 0 Å². The van der Waals surface area contributed by atoms with Crippen LogP contribution in [-0.2, 0) is 0 Å². The van der Waals surface area contributed by atoms with Crippen LogP contribution in [0.25, 0.3) is 0 Å². The van der Waals surface area contributed by atoms with E-state index in [-0.39, 0.29) is 12.8 Å². The average Bonchev–Trinajstić information content (AvgIpc) is 3.39. The Morgan fingerprint density at radius 3 is 2.67 bits per heavy atom. The number of hydrogen-bond donors (Lipinski definition) is 1. The zero-order chi connectivity index (χ0) is 18.6. The molecule has 0 aromatic heterocycles. The fourth-order valence-corrected chi connectivity index (χ4v) is 4.01. The Morgan fingerprint density at radius 1 is 1.15 bits per heavy atom. The van der Waals surface area contributed by atoms with Gasteiger partial charge in [-0.25, -0.2) is 4.79 Å². The van der Waals surface area contributed by atoms with Crippen molar-refractivity contribution in [1.82, 2.24) is 9.80 Å². The second-order valence-corrected chi connectivity index (χ2v) is 8.05. The van der Waals surface area contributed by atoms with E-state index < -0.39 is 0 Å². The van der Waals surface area contributed by atoms with Gasteiger partial charge in [0.15, 0.2) is 11.5 Å². The number of likely N-dealkylation sites (tertiary alicyclic amines) is 1. The molecule has 1 aromatic carbocycles. The van der Waals surface area contributed by atoms with Crippen LogP contribution in [0.2, 0.25) is 0 Å². The van der Waals surface area contributed by atoms with Gasteiger partial charge < -0.3 is 24.6 Å². The van der Waals surface area contributed by atoms with Crippen LogP contribution < -0.4 is 14.8 Å². The largest absolute Gasteiger partial charge is 0.454 e. The zero-order valence-electron chi connectivity index (χ0n) is 16.3. The first-order valence-electron chi connectivity index (χ1n) is 10.4. The number of nitrogens with zero attached hydrogens (tertiary/aromatic N) is 2. The number of amides is 2. The Balaban J connectivity index is 1.19. The van der Waals surface area contributed by atoms with Crippen LogP contribution in [0.1, 0.15) is 39.0 Å². The molecule has 6 heteroatoms. The monoisotopic (exact) mass is 373 g/mol. The van der Waals surface area contributed by atoms with E-state index in [1.165, 1.54) is 32.4 Å². The van der Waals surface area contributed by atoms with E-state index in [0.717, 1.165) is 55.7 Å². The van der Waals surface area contributed by atoms with Gasteiger partial charge in [0, 0.05) is 31.4 Å². The molecule has 148 valence electrons. The van der Waals surface area contributed by atoms with Crippen LogP contribution in [-0.4, -0.2) is 55.3 Å². The maximum atomic E-state index is 12.5. The van der Waals surface area contributed by atoms with Crippen LogP contribution in [0.4, 0.5) is 10.5 Å². The second kappa shape index (κ2) is 8.38. The van der Waals surface area contributed by atoms with Crippen LogP contribution in [0.5, 0.6) is 11.5 Å². The third-order valence-electron chi connectivity index (χ3n) is 6.04. The molecule has 2 aliphatic heterocycles. The summed E-state index contributed by atoms with van der Waals surface area (Å²) in [5.41, 5.74) is 0.755. The molecule has 4 rings (SSSR count). The van der Waals surface area contributed by atoms with E-state index >= 15 is 0 Å². The van der Waals surface area contributed by atoms with Gasteiger partial charge in [-0.3, -0.25) is 0 Å². The van der Waals surface area contributed by atoms with E-state index in [1.807, 2.05) is 23.1 Å².